The second-order valence-electron chi connectivity index (χ2n) is 5.08. The van der Waals surface area contributed by atoms with Gasteiger partial charge in [-0.25, -0.2) is 0 Å². The van der Waals surface area contributed by atoms with Crippen molar-refractivity contribution in [3.05, 3.63) is 47.7 Å². The maximum absolute atomic E-state index is 12.2. The zero-order chi connectivity index (χ0) is 17.4. The molecule has 1 N–H and O–H groups in total. The van der Waals surface area contributed by atoms with Gasteiger partial charge in [-0.15, -0.1) is 5.10 Å². The molecule has 0 fully saturated rings. The van der Waals surface area contributed by atoms with Gasteiger partial charge in [0.05, 0.1) is 17.3 Å². The van der Waals surface area contributed by atoms with Crippen molar-refractivity contribution in [2.75, 3.05) is 11.9 Å². The number of carbonyl (C=O) groups is 3. The normalized spacial score (nSPS) is 13.2. The zero-order valence-electron chi connectivity index (χ0n) is 12.5. The molecule has 0 aliphatic carbocycles. The lowest BCUT2D eigenvalue weighted by atomic mass is 10.1. The number of carbonyl (C=O) groups excluding carboxylic acids is 3. The molecule has 1 aromatic carbocycles. The van der Waals surface area contributed by atoms with Crippen molar-refractivity contribution in [1.29, 1.82) is 0 Å². The first-order valence-electron chi connectivity index (χ1n) is 7.13. The average Bonchev–Trinajstić information content (AvgIpc) is 3.33. The Morgan fingerprint density at radius 3 is 2.44 bits per heavy atom. The topological polar surface area (TPSA) is 131 Å². The Labute approximate surface area is 139 Å². The molecule has 124 valence electrons. The van der Waals surface area contributed by atoms with E-state index in [2.05, 4.69) is 20.7 Å². The van der Waals surface area contributed by atoms with Gasteiger partial charge in [-0.2, -0.15) is 0 Å². The molecule has 1 aliphatic rings. The van der Waals surface area contributed by atoms with Crippen LogP contribution in [0.4, 0.5) is 6.01 Å². The van der Waals surface area contributed by atoms with Crippen LogP contribution in [-0.4, -0.2) is 44.5 Å². The molecule has 4 rings (SSSR count). The molecule has 0 radical (unpaired) electrons. The van der Waals surface area contributed by atoms with Crippen LogP contribution in [0.25, 0.3) is 11.7 Å². The number of amides is 3. The number of anilines is 1. The summed E-state index contributed by atoms with van der Waals surface area (Å²) in [5, 5.41) is 13.2. The highest BCUT2D eigenvalue weighted by Crippen LogP contribution is 2.22. The Morgan fingerprint density at radius 1 is 1.08 bits per heavy atom. The molecule has 0 saturated carbocycles. The standard InChI is InChI=1S/C15H9N5O5/c21-11(17-15-19-18-12(24-15)10-5-6-16-25-10)7-20-13(22)8-3-1-2-4-9(8)14(20)23/h1-6H,7H2,(H,17,19,21). The predicted molar refractivity (Wildman–Crippen MR) is 80.2 cm³/mol. The monoisotopic (exact) mass is 339 g/mol. The quantitative estimate of drug-likeness (QED) is 0.695. The lowest BCUT2D eigenvalue weighted by Crippen LogP contribution is -2.37. The molecule has 2 aromatic heterocycles. The highest BCUT2D eigenvalue weighted by Gasteiger charge is 2.36. The van der Waals surface area contributed by atoms with Crippen LogP contribution in [0.1, 0.15) is 20.7 Å². The molecule has 0 unspecified atom stereocenters. The minimum atomic E-state index is -0.651. The largest absolute Gasteiger partial charge is 0.400 e. The van der Waals surface area contributed by atoms with Gasteiger partial charge in [0.2, 0.25) is 11.7 Å². The minimum Gasteiger partial charge on any atom is -0.400 e. The van der Waals surface area contributed by atoms with Gasteiger partial charge in [0.15, 0.2) is 0 Å². The van der Waals surface area contributed by atoms with Crippen molar-refractivity contribution < 1.29 is 23.3 Å². The van der Waals surface area contributed by atoms with Crippen LogP contribution in [0.2, 0.25) is 0 Å². The fourth-order valence-corrected chi connectivity index (χ4v) is 2.38. The molecule has 0 saturated heterocycles. The summed E-state index contributed by atoms with van der Waals surface area (Å²) in [6.45, 7) is -0.466. The van der Waals surface area contributed by atoms with E-state index >= 15 is 0 Å². The van der Waals surface area contributed by atoms with Gasteiger partial charge in [0.1, 0.15) is 6.54 Å². The van der Waals surface area contributed by atoms with Gasteiger partial charge in [0.25, 0.3) is 17.7 Å². The first kappa shape index (κ1) is 14.8. The van der Waals surface area contributed by atoms with Crippen molar-refractivity contribution in [3.8, 4) is 11.7 Å². The van der Waals surface area contributed by atoms with Gasteiger partial charge >= 0.3 is 6.01 Å². The Kier molecular flexibility index (Phi) is 3.35. The molecule has 25 heavy (non-hydrogen) atoms. The maximum atomic E-state index is 12.2. The van der Waals surface area contributed by atoms with Gasteiger partial charge in [-0.05, 0) is 12.1 Å². The summed E-state index contributed by atoms with van der Waals surface area (Å²) >= 11 is 0. The van der Waals surface area contributed by atoms with Gasteiger partial charge in [-0.3, -0.25) is 24.6 Å². The van der Waals surface area contributed by atoms with Crippen LogP contribution < -0.4 is 5.32 Å². The number of aromatic nitrogens is 3. The first-order valence-corrected chi connectivity index (χ1v) is 7.13. The summed E-state index contributed by atoms with van der Waals surface area (Å²) < 4.78 is 10.1. The zero-order valence-corrected chi connectivity index (χ0v) is 12.5. The van der Waals surface area contributed by atoms with Crippen LogP contribution in [0, 0.1) is 0 Å². The summed E-state index contributed by atoms with van der Waals surface area (Å²) in [6.07, 6.45) is 1.40. The molecule has 10 heteroatoms. The molecule has 3 amide bonds. The summed E-state index contributed by atoms with van der Waals surface area (Å²) in [5.41, 5.74) is 0.538. The van der Waals surface area contributed by atoms with Crippen LogP contribution >= 0.6 is 0 Å². The van der Waals surface area contributed by atoms with Crippen molar-refractivity contribution in [3.63, 3.8) is 0 Å². The van der Waals surface area contributed by atoms with E-state index in [1.165, 1.54) is 24.4 Å². The Bertz CT molecular complexity index is 943. The summed E-state index contributed by atoms with van der Waals surface area (Å²) in [7, 11) is 0. The number of hydrogen-bond acceptors (Lipinski definition) is 8. The highest BCUT2D eigenvalue weighted by molar-refractivity contribution is 6.22. The second kappa shape index (κ2) is 5.67. The third kappa shape index (κ3) is 2.55. The molecule has 10 nitrogen and oxygen atoms in total. The third-order valence-corrected chi connectivity index (χ3v) is 3.50. The molecule has 3 aromatic rings. The van der Waals surface area contributed by atoms with Crippen molar-refractivity contribution in [2.45, 2.75) is 0 Å². The number of fused-ring (bicyclic) bond motifs is 1. The van der Waals surface area contributed by atoms with Crippen LogP contribution in [-0.2, 0) is 4.79 Å². The predicted octanol–water partition coefficient (Wildman–Crippen LogP) is 0.959. The minimum absolute atomic E-state index is 0.0357. The summed E-state index contributed by atoms with van der Waals surface area (Å²) in [4.78, 5) is 37.4. The van der Waals surface area contributed by atoms with Crippen LogP contribution in [0.3, 0.4) is 0 Å². The maximum Gasteiger partial charge on any atom is 0.322 e. The van der Waals surface area contributed by atoms with Gasteiger partial charge in [0, 0.05) is 6.07 Å². The lowest BCUT2D eigenvalue weighted by molar-refractivity contribution is -0.116. The summed E-state index contributed by atoms with van der Waals surface area (Å²) in [6, 6.07) is 7.70. The Morgan fingerprint density at radius 2 is 1.80 bits per heavy atom. The number of imide groups is 1. The van der Waals surface area contributed by atoms with Crippen LogP contribution in [0.5, 0.6) is 0 Å². The fourth-order valence-electron chi connectivity index (χ4n) is 2.38. The highest BCUT2D eigenvalue weighted by atomic mass is 16.5. The van der Waals surface area contributed by atoms with Crippen molar-refractivity contribution in [2.24, 2.45) is 0 Å². The van der Waals surface area contributed by atoms with E-state index in [-0.39, 0.29) is 28.8 Å². The molecular formula is C15H9N5O5. The number of nitrogens with one attached hydrogen (secondary N) is 1. The SMILES string of the molecule is O=C(CN1C(=O)c2ccccc2C1=O)Nc1nnc(-c2ccno2)o1. The van der Waals surface area contributed by atoms with Crippen LogP contribution in [0.15, 0.2) is 45.5 Å². The summed E-state index contributed by atoms with van der Waals surface area (Å²) in [5.74, 6) is -1.42. The first-order chi connectivity index (χ1) is 12.1. The van der Waals surface area contributed by atoms with E-state index in [4.69, 9.17) is 8.94 Å². The van der Waals surface area contributed by atoms with E-state index < -0.39 is 24.3 Å². The number of rotatable bonds is 4. The second-order valence-corrected chi connectivity index (χ2v) is 5.08. The lowest BCUT2D eigenvalue weighted by Gasteiger charge is -2.12. The fraction of sp³-hybridized carbons (Fsp3) is 0.0667. The van der Waals surface area contributed by atoms with Crippen molar-refractivity contribution >= 4 is 23.7 Å². The van der Waals surface area contributed by atoms with E-state index in [1.807, 2.05) is 0 Å². The van der Waals surface area contributed by atoms with E-state index in [0.717, 1.165) is 4.90 Å². The molecule has 3 heterocycles. The molecule has 0 spiro atoms. The van der Waals surface area contributed by atoms with Crippen molar-refractivity contribution in [1.82, 2.24) is 20.3 Å². The molecule has 1 aliphatic heterocycles. The number of benzene rings is 1. The van der Waals surface area contributed by atoms with Gasteiger partial charge < -0.3 is 8.94 Å². The Hall–Kier alpha value is -3.82. The third-order valence-electron chi connectivity index (χ3n) is 3.50. The number of nitrogens with zero attached hydrogens (tertiary/aromatic N) is 4. The van der Waals surface area contributed by atoms with E-state index in [0.29, 0.717) is 0 Å². The molecule has 0 atom stereocenters. The smallest absolute Gasteiger partial charge is 0.322 e. The van der Waals surface area contributed by atoms with E-state index in [1.54, 1.807) is 12.1 Å². The van der Waals surface area contributed by atoms with Gasteiger partial charge in [-0.1, -0.05) is 22.4 Å². The molecular weight excluding hydrogens is 330 g/mol. The van der Waals surface area contributed by atoms with E-state index in [9.17, 15) is 14.4 Å². The Balaban J connectivity index is 1.45. The number of hydrogen-bond donors (Lipinski definition) is 1. The molecule has 0 bridgehead atoms. The average molecular weight is 339 g/mol.